The van der Waals surface area contributed by atoms with Crippen molar-refractivity contribution in [2.24, 2.45) is 28.6 Å². The molecule has 4 rings (SSSR count). The van der Waals surface area contributed by atoms with Crippen LogP contribution >= 0.6 is 34.4 Å². The summed E-state index contributed by atoms with van der Waals surface area (Å²) in [5.41, 5.74) is -4.62. The summed E-state index contributed by atoms with van der Waals surface area (Å²) in [4.78, 5) is 38.2. The molecule has 0 bridgehead atoms. The van der Waals surface area contributed by atoms with Gasteiger partial charge in [-0.1, -0.05) is 66.8 Å². The van der Waals surface area contributed by atoms with Crippen LogP contribution in [0.5, 0.6) is 0 Å². The fourth-order valence-corrected chi connectivity index (χ4v) is 9.27. The van der Waals surface area contributed by atoms with Gasteiger partial charge in [-0.2, -0.15) is 0 Å². The molecule has 0 radical (unpaired) electrons. The summed E-state index contributed by atoms with van der Waals surface area (Å²) in [6.07, 6.45) is 4.93. The lowest BCUT2D eigenvalue weighted by molar-refractivity contribution is -0.225. The molecule has 1 N–H and O–H groups in total. The molecule has 4 aliphatic rings. The molecule has 0 aromatic carbocycles. The van der Waals surface area contributed by atoms with Crippen LogP contribution in [0, 0.1) is 28.6 Å². The van der Waals surface area contributed by atoms with E-state index in [4.69, 9.17) is 4.74 Å². The summed E-state index contributed by atoms with van der Waals surface area (Å²) in [5.74, 6) is -1.66. The second kappa shape index (κ2) is 8.43. The Hall–Kier alpha value is -0.740. The Morgan fingerprint density at radius 3 is 2.67 bits per heavy atom. The summed E-state index contributed by atoms with van der Waals surface area (Å²) in [6, 6.07) is 0. The van der Waals surface area contributed by atoms with Gasteiger partial charge in [-0.3, -0.25) is 14.4 Å². The maximum atomic E-state index is 17.3. The number of thioether (sulfide) groups is 1. The van der Waals surface area contributed by atoms with Crippen LogP contribution in [-0.2, 0) is 19.1 Å². The quantitative estimate of drug-likeness (QED) is 0.284. The Morgan fingerprint density at radius 2 is 2.03 bits per heavy atom. The predicted octanol–water partition coefficient (Wildman–Crippen LogP) is 4.95. The smallest absolute Gasteiger partial charge is 0.306 e. The van der Waals surface area contributed by atoms with Gasteiger partial charge in [-0.25, -0.2) is 4.39 Å². The van der Waals surface area contributed by atoms with Crippen molar-refractivity contribution >= 4 is 51.2 Å². The maximum absolute atomic E-state index is 17.3. The molecule has 0 aromatic rings. The number of ketones is 1. The van der Waals surface area contributed by atoms with Gasteiger partial charge in [-0.05, 0) is 50.7 Å². The van der Waals surface area contributed by atoms with Crippen LogP contribution in [0.1, 0.15) is 59.8 Å². The number of rotatable bonds is 4. The van der Waals surface area contributed by atoms with Crippen LogP contribution in [-0.4, -0.2) is 43.1 Å². The number of esters is 1. The van der Waals surface area contributed by atoms with Crippen molar-refractivity contribution in [3.05, 3.63) is 23.8 Å². The fraction of sp³-hybridized carbons (Fsp3) is 0.720. The van der Waals surface area contributed by atoms with Crippen LogP contribution < -0.4 is 0 Å². The fourth-order valence-electron chi connectivity index (χ4n) is 7.63. The van der Waals surface area contributed by atoms with Gasteiger partial charge in [-0.15, -0.1) is 0 Å². The number of carbonyl (C=O) groups excluding carboxylic acids is 3. The minimum Gasteiger partial charge on any atom is -0.449 e. The molecule has 5 nitrogen and oxygen atoms in total. The molecule has 0 aliphatic heterocycles. The van der Waals surface area contributed by atoms with Gasteiger partial charge in [0.2, 0.25) is 5.12 Å². The van der Waals surface area contributed by atoms with Crippen molar-refractivity contribution in [2.45, 2.75) is 77.2 Å². The van der Waals surface area contributed by atoms with Crippen LogP contribution in [0.15, 0.2) is 23.8 Å². The molecule has 0 aromatic heterocycles. The number of ether oxygens (including phenoxy) is 1. The summed E-state index contributed by atoms with van der Waals surface area (Å²) in [5, 5.41) is 11.3. The highest BCUT2D eigenvalue weighted by Crippen LogP contribution is 2.71. The number of aliphatic hydroxyl groups excluding tert-OH is 1. The summed E-state index contributed by atoms with van der Waals surface area (Å²) in [6.45, 7) is 7.30. The minimum atomic E-state index is -1.97. The Labute approximate surface area is 212 Å². The van der Waals surface area contributed by atoms with Gasteiger partial charge in [0.15, 0.2) is 17.1 Å². The monoisotopic (exact) mass is 590 g/mol. The normalized spacial score (nSPS) is 46.2. The number of fused-ring (bicyclic) bond motifs is 5. The molecular formula is C25H32FIO5S. The molecule has 2 unspecified atom stereocenters. The molecule has 4 aliphatic carbocycles. The highest BCUT2D eigenvalue weighted by Gasteiger charge is 2.77. The second-order valence-corrected chi connectivity index (χ2v) is 13.3. The first kappa shape index (κ1) is 25.4. The van der Waals surface area contributed by atoms with Crippen molar-refractivity contribution in [1.82, 2.24) is 0 Å². The van der Waals surface area contributed by atoms with Crippen molar-refractivity contribution in [1.29, 1.82) is 0 Å². The lowest BCUT2D eigenvalue weighted by atomic mass is 9.45. The van der Waals surface area contributed by atoms with E-state index >= 15 is 4.39 Å². The van der Waals surface area contributed by atoms with Crippen molar-refractivity contribution in [3.8, 4) is 0 Å². The zero-order valence-corrected chi connectivity index (χ0v) is 22.5. The molecule has 33 heavy (non-hydrogen) atoms. The average Bonchev–Trinajstić information content (AvgIpc) is 2.97. The molecule has 0 saturated heterocycles. The Balaban J connectivity index is 1.84. The maximum Gasteiger partial charge on any atom is 0.306 e. The molecule has 0 spiro atoms. The van der Waals surface area contributed by atoms with E-state index in [-0.39, 0.29) is 35.6 Å². The molecule has 0 heterocycles. The number of halogens is 2. The van der Waals surface area contributed by atoms with E-state index in [0.29, 0.717) is 23.0 Å². The number of alkyl halides is 2. The first-order valence-corrected chi connectivity index (χ1v) is 14.2. The van der Waals surface area contributed by atoms with E-state index < -0.39 is 40.1 Å². The molecule has 8 heteroatoms. The molecule has 8 atom stereocenters. The van der Waals surface area contributed by atoms with Gasteiger partial charge in [0.1, 0.15) is 0 Å². The third kappa shape index (κ3) is 3.21. The van der Waals surface area contributed by atoms with Crippen molar-refractivity contribution in [2.75, 3.05) is 3.76 Å². The van der Waals surface area contributed by atoms with Crippen LogP contribution in [0.3, 0.4) is 0 Å². The van der Waals surface area contributed by atoms with E-state index in [1.54, 1.807) is 19.9 Å². The molecule has 182 valence electrons. The van der Waals surface area contributed by atoms with Crippen molar-refractivity contribution in [3.63, 3.8) is 0 Å². The number of carbonyl (C=O) groups is 3. The molecule has 3 saturated carbocycles. The molecule has 3 fully saturated rings. The summed E-state index contributed by atoms with van der Waals surface area (Å²) < 4.78 is 23.8. The van der Waals surface area contributed by atoms with Crippen LogP contribution in [0.4, 0.5) is 4.39 Å². The molecular weight excluding hydrogens is 558 g/mol. The Morgan fingerprint density at radius 1 is 1.33 bits per heavy atom. The van der Waals surface area contributed by atoms with Gasteiger partial charge in [0.05, 0.1) is 9.86 Å². The van der Waals surface area contributed by atoms with Crippen molar-refractivity contribution < 1.29 is 28.6 Å². The number of aliphatic hydroxyl groups is 1. The Kier molecular flexibility index (Phi) is 6.48. The summed E-state index contributed by atoms with van der Waals surface area (Å²) in [7, 11) is 0. The highest BCUT2D eigenvalue weighted by atomic mass is 127. The zero-order chi connectivity index (χ0) is 24.4. The Bertz CT molecular complexity index is 951. The second-order valence-electron chi connectivity index (χ2n) is 10.5. The van der Waals surface area contributed by atoms with Crippen LogP contribution in [0.2, 0.25) is 0 Å². The SMILES string of the molecule is CCC(=O)O[C@]1(C(=O)SCI)[C@@H](C)CC2C3CCC4=CC(=O)C=C[C@]4(C)[C@@]3(F)[C@@H](O)C[C@@]21C. The average molecular weight is 590 g/mol. The minimum absolute atomic E-state index is 0.0181. The number of allylic oxidation sites excluding steroid dienone is 4. The van der Waals surface area contributed by atoms with E-state index in [1.165, 1.54) is 12.2 Å². The topological polar surface area (TPSA) is 80.7 Å². The standard InChI is InChI=1S/C25H32FIO5S/c1-5-20(30)32-25(21(31)33-13-27)14(2)10-18-17-7-6-15-11-16(28)8-9-22(15,3)24(17,26)19(29)12-23(18,25)4/h8-9,11,14,17-19,29H,5-7,10,12-13H2,1-4H3/t14-,17?,18?,19-,22-,23-,24-,25-/m0/s1. The first-order chi connectivity index (χ1) is 15.4. The highest BCUT2D eigenvalue weighted by molar-refractivity contribution is 14.1. The van der Waals surface area contributed by atoms with Gasteiger partial charge < -0.3 is 9.84 Å². The zero-order valence-electron chi connectivity index (χ0n) is 19.5. The van der Waals surface area contributed by atoms with E-state index in [9.17, 15) is 19.5 Å². The van der Waals surface area contributed by atoms with Crippen LogP contribution in [0.25, 0.3) is 0 Å². The number of hydrogen-bond donors (Lipinski definition) is 1. The summed E-state index contributed by atoms with van der Waals surface area (Å²) >= 11 is 3.23. The van der Waals surface area contributed by atoms with E-state index in [0.717, 1.165) is 17.3 Å². The first-order valence-electron chi connectivity index (χ1n) is 11.7. The van der Waals surface area contributed by atoms with Gasteiger partial charge in [0, 0.05) is 29.1 Å². The third-order valence-corrected chi connectivity index (χ3v) is 10.8. The van der Waals surface area contributed by atoms with E-state index in [2.05, 4.69) is 22.6 Å². The lowest BCUT2D eigenvalue weighted by Gasteiger charge is -2.62. The largest absolute Gasteiger partial charge is 0.449 e. The third-order valence-electron chi connectivity index (χ3n) is 9.23. The van der Waals surface area contributed by atoms with Gasteiger partial charge in [0.25, 0.3) is 0 Å². The number of hydrogen-bond acceptors (Lipinski definition) is 6. The predicted molar refractivity (Wildman–Crippen MR) is 134 cm³/mol. The molecule has 0 amide bonds. The lowest BCUT2D eigenvalue weighted by Crippen LogP contribution is -2.69. The van der Waals surface area contributed by atoms with Gasteiger partial charge >= 0.3 is 5.97 Å². The van der Waals surface area contributed by atoms with E-state index in [1.807, 2.05) is 13.8 Å².